The second kappa shape index (κ2) is 16.4. The van der Waals surface area contributed by atoms with Crippen LogP contribution < -0.4 is 4.74 Å². The lowest BCUT2D eigenvalue weighted by Crippen LogP contribution is -2.26. The third-order valence-electron chi connectivity index (χ3n) is 5.94. The van der Waals surface area contributed by atoms with Crippen LogP contribution in [0.5, 0.6) is 5.75 Å². The third-order valence-corrected chi connectivity index (χ3v) is 5.94. The van der Waals surface area contributed by atoms with E-state index in [2.05, 4.69) is 13.8 Å². The van der Waals surface area contributed by atoms with E-state index in [4.69, 9.17) is 14.2 Å². The van der Waals surface area contributed by atoms with E-state index in [1.54, 1.807) is 31.2 Å². The normalized spacial score (nSPS) is 13.1. The van der Waals surface area contributed by atoms with E-state index in [1.165, 1.54) is 0 Å². The molecule has 0 spiro atoms. The number of alkyl halides is 2. The quantitative estimate of drug-likeness (QED) is 0.129. The van der Waals surface area contributed by atoms with Gasteiger partial charge in [-0.25, -0.2) is 13.6 Å². The molecule has 0 aromatic heterocycles. The predicted molar refractivity (Wildman–Crippen MR) is 136 cm³/mol. The lowest BCUT2D eigenvalue weighted by molar-refractivity contribution is -0.146. The topological polar surface area (TPSA) is 44.8 Å². The summed E-state index contributed by atoms with van der Waals surface area (Å²) in [6.07, 6.45) is 4.22. The number of hydrogen-bond acceptors (Lipinski definition) is 4. The van der Waals surface area contributed by atoms with Gasteiger partial charge in [0.15, 0.2) is 6.10 Å². The molecule has 6 heteroatoms. The molecule has 4 nitrogen and oxygen atoms in total. The molecule has 0 N–H and O–H groups in total. The summed E-state index contributed by atoms with van der Waals surface area (Å²) in [7, 11) is 0. The minimum atomic E-state index is -2.48. The number of ether oxygens (including phenoxy) is 3. The molecule has 35 heavy (non-hydrogen) atoms. The van der Waals surface area contributed by atoms with E-state index < -0.39 is 24.4 Å². The van der Waals surface area contributed by atoms with Crippen LogP contribution in [0.2, 0.25) is 0 Å². The molecular formula is C29H40F2O4. The maximum absolute atomic E-state index is 13.6. The Hall–Kier alpha value is -2.31. The Balaban J connectivity index is 1.89. The maximum Gasteiger partial charge on any atom is 0.340 e. The SMILES string of the molecule is CCCCCCOC[C@@H](c1ccc(-c2ccc(OC(=O)[C@H](C)OCCCCC)cc2)cc1)C(F)F. The van der Waals surface area contributed by atoms with E-state index >= 15 is 0 Å². The van der Waals surface area contributed by atoms with Gasteiger partial charge in [0.05, 0.1) is 12.5 Å². The summed E-state index contributed by atoms with van der Waals surface area (Å²) in [5, 5.41) is 0. The van der Waals surface area contributed by atoms with Crippen LogP contribution in [-0.4, -0.2) is 38.3 Å². The zero-order valence-electron chi connectivity index (χ0n) is 21.3. The molecule has 0 radical (unpaired) electrons. The Morgan fingerprint density at radius 1 is 0.800 bits per heavy atom. The van der Waals surface area contributed by atoms with Crippen molar-refractivity contribution in [1.29, 1.82) is 0 Å². The monoisotopic (exact) mass is 490 g/mol. The number of esters is 1. The number of unbranched alkanes of at least 4 members (excludes halogenated alkanes) is 5. The molecule has 0 aliphatic rings. The van der Waals surface area contributed by atoms with Gasteiger partial charge in [0.2, 0.25) is 6.43 Å². The zero-order valence-corrected chi connectivity index (χ0v) is 21.3. The molecule has 2 rings (SSSR count). The van der Waals surface area contributed by atoms with Crippen LogP contribution in [0.3, 0.4) is 0 Å². The molecule has 0 aliphatic heterocycles. The Morgan fingerprint density at radius 2 is 1.37 bits per heavy atom. The Kier molecular flexibility index (Phi) is 13.5. The second-order valence-corrected chi connectivity index (χ2v) is 8.86. The molecule has 194 valence electrons. The van der Waals surface area contributed by atoms with Crippen molar-refractivity contribution in [2.24, 2.45) is 0 Å². The summed E-state index contributed by atoms with van der Waals surface area (Å²) < 4.78 is 43.7. The Labute approximate surface area is 209 Å². The van der Waals surface area contributed by atoms with Crippen molar-refractivity contribution in [2.75, 3.05) is 19.8 Å². The molecule has 0 heterocycles. The molecule has 2 atom stereocenters. The van der Waals surface area contributed by atoms with Crippen LogP contribution >= 0.6 is 0 Å². The molecule has 0 saturated carbocycles. The minimum Gasteiger partial charge on any atom is -0.425 e. The molecular weight excluding hydrogens is 450 g/mol. The second-order valence-electron chi connectivity index (χ2n) is 8.86. The first-order chi connectivity index (χ1) is 17.0. The lowest BCUT2D eigenvalue weighted by Gasteiger charge is -2.17. The van der Waals surface area contributed by atoms with Crippen LogP contribution in [-0.2, 0) is 14.3 Å². The van der Waals surface area contributed by atoms with Gasteiger partial charge >= 0.3 is 5.97 Å². The fourth-order valence-electron chi connectivity index (χ4n) is 3.67. The van der Waals surface area contributed by atoms with Gasteiger partial charge in [-0.05, 0) is 48.6 Å². The molecule has 0 saturated heterocycles. The van der Waals surface area contributed by atoms with Gasteiger partial charge in [-0.15, -0.1) is 0 Å². The van der Waals surface area contributed by atoms with Gasteiger partial charge in [0.25, 0.3) is 0 Å². The van der Waals surface area contributed by atoms with Crippen LogP contribution in [0, 0.1) is 0 Å². The first-order valence-corrected chi connectivity index (χ1v) is 12.9. The number of hydrogen-bond donors (Lipinski definition) is 0. The third kappa shape index (κ3) is 10.5. The highest BCUT2D eigenvalue weighted by Gasteiger charge is 2.23. The van der Waals surface area contributed by atoms with Crippen LogP contribution in [0.4, 0.5) is 8.78 Å². The Morgan fingerprint density at radius 3 is 1.97 bits per heavy atom. The van der Waals surface area contributed by atoms with Gasteiger partial charge in [-0.3, -0.25) is 0 Å². The zero-order chi connectivity index (χ0) is 25.5. The summed E-state index contributed by atoms with van der Waals surface area (Å²) in [6.45, 7) is 7.01. The molecule has 0 bridgehead atoms. The lowest BCUT2D eigenvalue weighted by atomic mass is 9.97. The van der Waals surface area contributed by atoms with Crippen molar-refractivity contribution in [3.63, 3.8) is 0 Å². The van der Waals surface area contributed by atoms with Crippen molar-refractivity contribution in [3.05, 3.63) is 54.1 Å². The van der Waals surface area contributed by atoms with Crippen molar-refractivity contribution in [2.45, 2.75) is 84.2 Å². The van der Waals surface area contributed by atoms with E-state index in [1.807, 2.05) is 24.3 Å². The van der Waals surface area contributed by atoms with Crippen LogP contribution in [0.1, 0.15) is 77.2 Å². The molecule has 0 amide bonds. The molecule has 0 unspecified atom stereocenters. The molecule has 2 aromatic carbocycles. The van der Waals surface area contributed by atoms with Crippen LogP contribution in [0.25, 0.3) is 11.1 Å². The van der Waals surface area contributed by atoms with E-state index in [-0.39, 0.29) is 6.61 Å². The van der Waals surface area contributed by atoms with Gasteiger partial charge in [-0.1, -0.05) is 82.3 Å². The van der Waals surface area contributed by atoms with Gasteiger partial charge in [-0.2, -0.15) is 0 Å². The van der Waals surface area contributed by atoms with Crippen molar-refractivity contribution < 1.29 is 27.8 Å². The molecule has 2 aromatic rings. The largest absolute Gasteiger partial charge is 0.425 e. The minimum absolute atomic E-state index is 0.0178. The summed E-state index contributed by atoms with van der Waals surface area (Å²) in [4.78, 5) is 12.2. The summed E-state index contributed by atoms with van der Waals surface area (Å²) in [5.74, 6) is -0.930. The molecule has 0 aliphatic carbocycles. The smallest absolute Gasteiger partial charge is 0.340 e. The van der Waals surface area contributed by atoms with Gasteiger partial charge in [0, 0.05) is 13.2 Å². The summed E-state index contributed by atoms with van der Waals surface area (Å²) in [5.41, 5.74) is 2.37. The predicted octanol–water partition coefficient (Wildman–Crippen LogP) is 7.80. The number of carbonyl (C=O) groups excluding carboxylic acids is 1. The van der Waals surface area contributed by atoms with Crippen molar-refractivity contribution in [1.82, 2.24) is 0 Å². The molecule has 0 fully saturated rings. The fraction of sp³-hybridized carbons (Fsp3) is 0.552. The van der Waals surface area contributed by atoms with Gasteiger partial charge in [0.1, 0.15) is 5.75 Å². The average molecular weight is 491 g/mol. The highest BCUT2D eigenvalue weighted by molar-refractivity contribution is 5.77. The maximum atomic E-state index is 13.6. The highest BCUT2D eigenvalue weighted by atomic mass is 19.3. The van der Waals surface area contributed by atoms with E-state index in [0.29, 0.717) is 24.5 Å². The van der Waals surface area contributed by atoms with Crippen LogP contribution in [0.15, 0.2) is 48.5 Å². The summed E-state index contributed by atoms with van der Waals surface area (Å²) >= 11 is 0. The van der Waals surface area contributed by atoms with E-state index in [0.717, 1.165) is 56.1 Å². The standard InChI is InChI=1S/C29H40F2O4/c1-4-6-8-10-19-33-21-27(28(30)31)25-13-11-23(12-14-25)24-15-17-26(18-16-24)35-29(32)22(3)34-20-9-7-5-2/h11-18,22,27-28H,4-10,19-21H2,1-3H3/t22-,27-/m0/s1. The van der Waals surface area contributed by atoms with Crippen molar-refractivity contribution in [3.8, 4) is 16.9 Å². The average Bonchev–Trinajstić information content (AvgIpc) is 2.86. The van der Waals surface area contributed by atoms with E-state index in [9.17, 15) is 13.6 Å². The summed E-state index contributed by atoms with van der Waals surface area (Å²) in [6, 6.07) is 14.3. The highest BCUT2D eigenvalue weighted by Crippen LogP contribution is 2.28. The number of carbonyl (C=O) groups is 1. The van der Waals surface area contributed by atoms with Crippen molar-refractivity contribution >= 4 is 5.97 Å². The first-order valence-electron chi connectivity index (χ1n) is 12.9. The van der Waals surface area contributed by atoms with Gasteiger partial charge < -0.3 is 14.2 Å². The fourth-order valence-corrected chi connectivity index (χ4v) is 3.67. The number of halogens is 2. The first kappa shape index (κ1) is 28.9. The number of rotatable bonds is 17. The Bertz CT molecular complexity index is 837. The number of benzene rings is 2.